The first kappa shape index (κ1) is 48.4. The highest BCUT2D eigenvalue weighted by atomic mass is 31.2. The summed E-state index contributed by atoms with van der Waals surface area (Å²) in [4.78, 5) is 37.8. The average Bonchev–Trinajstić information content (AvgIpc) is 3.46. The molecule has 12 nitrogen and oxygen atoms in total. The summed E-state index contributed by atoms with van der Waals surface area (Å²) >= 11 is 0. The van der Waals surface area contributed by atoms with Crippen LogP contribution in [-0.2, 0) is 23.1 Å². The second kappa shape index (κ2) is 19.9. The van der Waals surface area contributed by atoms with E-state index in [-0.39, 0.29) is 36.2 Å². The van der Waals surface area contributed by atoms with Crippen molar-refractivity contribution in [1.82, 2.24) is 10.2 Å². The predicted molar refractivity (Wildman–Crippen MR) is 220 cm³/mol. The molecule has 324 valence electrons. The Morgan fingerprint density at radius 2 is 1.73 bits per heavy atom. The largest absolute Gasteiger partial charge is 0.870 e. The molecule has 56 heavy (non-hydrogen) atoms. The third-order valence-electron chi connectivity index (χ3n) is 14.2. The first-order chi connectivity index (χ1) is 25.6. The minimum atomic E-state index is -4.43. The van der Waals surface area contributed by atoms with E-state index < -0.39 is 32.7 Å². The number of quaternary nitrogens is 1. The van der Waals surface area contributed by atoms with Crippen LogP contribution < -0.4 is 5.32 Å². The molecule has 0 aromatic rings. The first-order valence-corrected chi connectivity index (χ1v) is 22.8. The molecule has 0 aromatic heterocycles. The highest BCUT2D eigenvalue weighted by Crippen LogP contribution is 2.67. The van der Waals surface area contributed by atoms with Gasteiger partial charge in [-0.1, -0.05) is 65.3 Å². The van der Waals surface area contributed by atoms with Crippen LogP contribution in [0.4, 0.5) is 9.59 Å². The van der Waals surface area contributed by atoms with Gasteiger partial charge in [-0.3, -0.25) is 9.05 Å². The number of nitrogens with zero attached hydrogens (tertiary/aromatic N) is 2. The lowest BCUT2D eigenvalue weighted by Gasteiger charge is -2.58. The number of ether oxygens (including phenoxy) is 2. The lowest BCUT2D eigenvalue weighted by molar-refractivity contribution is -0.870. The van der Waals surface area contributed by atoms with Gasteiger partial charge in [0.1, 0.15) is 25.4 Å². The van der Waals surface area contributed by atoms with Crippen molar-refractivity contribution in [2.45, 2.75) is 131 Å². The van der Waals surface area contributed by atoms with Gasteiger partial charge in [-0.25, -0.2) is 14.2 Å². The summed E-state index contributed by atoms with van der Waals surface area (Å²) < 4.78 is 35.2. The normalized spacial score (nSPS) is 31.6. The Morgan fingerprint density at radius 3 is 2.34 bits per heavy atom. The van der Waals surface area contributed by atoms with Gasteiger partial charge in [-0.15, -0.1) is 0 Å². The van der Waals surface area contributed by atoms with Gasteiger partial charge in [0.15, 0.2) is 0 Å². The van der Waals surface area contributed by atoms with Crippen LogP contribution in [0.2, 0.25) is 0 Å². The van der Waals surface area contributed by atoms with Crippen molar-refractivity contribution in [2.75, 3.05) is 54.5 Å². The molecule has 4 rings (SSSR count). The number of phosphoric ester groups is 1. The Bertz CT molecular complexity index is 1410. The van der Waals surface area contributed by atoms with E-state index in [1.165, 1.54) is 49.6 Å². The standard InChI is InChI=1S/C43H76N3O8P.H2O/c1-13-32(29(2)3)15-14-31(6)37-18-19-38-36-17-16-33-26-34(20-22-42(33,7)39(36)21-23-43(37,38)8)54-41(48)45(30(4)5)27-35(53-40(47)44-9)28-52-55(49,50)51-25-24-46(10,11)12;/h14-16,29-32,34-39H,13,17-28H2,1-12H3,(H-,44,47,49,50);1H2/b15-14+;/t31-,32-,34+,35?,36?,37-,38?,39?,42+,43-;/m1./s1. The van der Waals surface area contributed by atoms with Crippen molar-refractivity contribution >= 4 is 20.0 Å². The molecular weight excluding hydrogens is 733 g/mol. The summed E-state index contributed by atoms with van der Waals surface area (Å²) in [5.74, 6) is 4.80. The molecule has 4 aliphatic carbocycles. The molecule has 5 unspecified atom stereocenters. The zero-order chi connectivity index (χ0) is 40.9. The third kappa shape index (κ3) is 11.8. The molecule has 3 N–H and O–H groups in total. The maximum absolute atomic E-state index is 13.8. The summed E-state index contributed by atoms with van der Waals surface area (Å²) in [6.45, 7) is 18.3. The van der Waals surface area contributed by atoms with Crippen molar-refractivity contribution in [2.24, 2.45) is 52.3 Å². The molecule has 0 saturated heterocycles. The van der Waals surface area contributed by atoms with Gasteiger partial charge in [0.2, 0.25) is 0 Å². The number of phosphoric acid groups is 1. The van der Waals surface area contributed by atoms with E-state index in [1.807, 2.05) is 35.0 Å². The maximum Gasteiger partial charge on any atom is 0.472 e. The minimum Gasteiger partial charge on any atom is -0.870 e. The molecule has 11 atom stereocenters. The summed E-state index contributed by atoms with van der Waals surface area (Å²) in [7, 11) is 2.82. The van der Waals surface area contributed by atoms with Crippen molar-refractivity contribution in [1.29, 1.82) is 0 Å². The van der Waals surface area contributed by atoms with Gasteiger partial charge in [0, 0.05) is 19.5 Å². The molecule has 3 saturated carbocycles. The van der Waals surface area contributed by atoms with Crippen LogP contribution in [0.5, 0.6) is 0 Å². The molecule has 13 heteroatoms. The maximum atomic E-state index is 13.8. The molecule has 0 aliphatic heterocycles. The fourth-order valence-electron chi connectivity index (χ4n) is 10.8. The molecule has 0 radical (unpaired) electrons. The fourth-order valence-corrected chi connectivity index (χ4v) is 11.6. The lowest BCUT2D eigenvalue weighted by atomic mass is 9.47. The highest BCUT2D eigenvalue weighted by molar-refractivity contribution is 7.47. The Labute approximate surface area is 339 Å². The van der Waals surface area contributed by atoms with Crippen LogP contribution in [0.15, 0.2) is 23.8 Å². The first-order valence-electron chi connectivity index (χ1n) is 21.3. The van der Waals surface area contributed by atoms with Gasteiger partial charge in [-0.05, 0) is 117 Å². The SMILES string of the molecule is CC[C@H](/C=C/[C@@H](C)[C@H]1CCC2C3CC=C4C[C@@H](OC(=O)N(CC(COP(=O)(O)OCC[N+](C)(C)C)OC(=O)NC)C(C)C)CC[C@]4(C)C3CC[C@@]21C)C(C)C.[OH-]. The van der Waals surface area contributed by atoms with Crippen LogP contribution in [-0.4, -0.2) is 105 Å². The Kier molecular flexibility index (Phi) is 17.2. The van der Waals surface area contributed by atoms with E-state index in [4.69, 9.17) is 18.5 Å². The number of nitrogens with one attached hydrogen (secondary N) is 1. The van der Waals surface area contributed by atoms with Crippen LogP contribution in [0.3, 0.4) is 0 Å². The summed E-state index contributed by atoms with van der Waals surface area (Å²) in [6, 6.07) is -0.290. The number of allylic oxidation sites excluding steroid dienone is 3. The fraction of sp³-hybridized carbons (Fsp3) is 0.860. The number of likely N-dealkylation sites (N-methyl/N-ethyl adjacent to an activating group) is 1. The van der Waals surface area contributed by atoms with Crippen molar-refractivity contribution < 1.29 is 47.5 Å². The molecule has 0 aromatic carbocycles. The van der Waals surface area contributed by atoms with Crippen molar-refractivity contribution in [3.63, 3.8) is 0 Å². The van der Waals surface area contributed by atoms with E-state index >= 15 is 0 Å². The van der Waals surface area contributed by atoms with Crippen LogP contribution >= 0.6 is 7.82 Å². The number of hydrogen-bond acceptors (Lipinski definition) is 8. The Morgan fingerprint density at radius 1 is 1.04 bits per heavy atom. The number of carbonyl (C=O) groups is 2. The topological polar surface area (TPSA) is 154 Å². The summed E-state index contributed by atoms with van der Waals surface area (Å²) in [5.41, 5.74) is 1.95. The molecule has 3 fully saturated rings. The molecule has 0 bridgehead atoms. The number of carbonyl (C=O) groups excluding carboxylic acids is 2. The van der Waals surface area contributed by atoms with E-state index in [2.05, 4.69) is 65.1 Å². The minimum absolute atomic E-state index is 0. The van der Waals surface area contributed by atoms with Gasteiger partial charge < -0.3 is 34.5 Å². The third-order valence-corrected chi connectivity index (χ3v) is 15.2. The van der Waals surface area contributed by atoms with Crippen LogP contribution in [0, 0.1) is 52.3 Å². The predicted octanol–water partition coefficient (Wildman–Crippen LogP) is 9.04. The number of amides is 2. The van der Waals surface area contributed by atoms with Crippen molar-refractivity contribution in [3.05, 3.63) is 23.8 Å². The lowest BCUT2D eigenvalue weighted by Crippen LogP contribution is -2.51. The van der Waals surface area contributed by atoms with Crippen molar-refractivity contribution in [3.8, 4) is 0 Å². The van der Waals surface area contributed by atoms with E-state index in [1.54, 1.807) is 0 Å². The van der Waals surface area contributed by atoms with Gasteiger partial charge in [0.05, 0.1) is 34.3 Å². The van der Waals surface area contributed by atoms with Crippen LogP contribution in [0.1, 0.15) is 113 Å². The monoisotopic (exact) mass is 812 g/mol. The average molecular weight is 812 g/mol. The zero-order valence-electron chi connectivity index (χ0n) is 36.8. The summed E-state index contributed by atoms with van der Waals surface area (Å²) in [6.07, 6.45) is 15.1. The second-order valence-electron chi connectivity index (χ2n) is 19.4. The molecule has 0 spiro atoms. The van der Waals surface area contributed by atoms with Gasteiger partial charge in [-0.2, -0.15) is 0 Å². The Balaban J connectivity index is 0.00000841. The van der Waals surface area contributed by atoms with Crippen LogP contribution in [0.25, 0.3) is 0 Å². The van der Waals surface area contributed by atoms with Gasteiger partial charge in [0.25, 0.3) is 0 Å². The molecule has 2 amide bonds. The summed E-state index contributed by atoms with van der Waals surface area (Å²) in [5, 5.41) is 2.40. The number of alkyl carbamates (subject to hydrolysis) is 1. The Hall–Kier alpha value is -1.95. The molecule has 4 aliphatic rings. The van der Waals surface area contributed by atoms with E-state index in [0.29, 0.717) is 46.0 Å². The number of hydrogen-bond donors (Lipinski definition) is 2. The smallest absolute Gasteiger partial charge is 0.472 e. The highest BCUT2D eigenvalue weighted by Gasteiger charge is 2.59. The van der Waals surface area contributed by atoms with Gasteiger partial charge >= 0.3 is 20.0 Å². The molecule has 0 heterocycles. The number of fused-ring (bicyclic) bond motifs is 5. The second-order valence-corrected chi connectivity index (χ2v) is 20.9. The van der Waals surface area contributed by atoms with E-state index in [9.17, 15) is 19.0 Å². The zero-order valence-corrected chi connectivity index (χ0v) is 37.7. The quantitative estimate of drug-likeness (QED) is 0.0832. The number of rotatable bonds is 17. The van der Waals surface area contributed by atoms with E-state index in [0.717, 1.165) is 37.5 Å². The molecular formula is C43H78N3O9P.